The fraction of sp³-hybridized carbons (Fsp3) is 0.429. The number of nitrogens with zero attached hydrogens (tertiary/aromatic N) is 2. The fourth-order valence-electron chi connectivity index (χ4n) is 1.79. The molecule has 1 saturated carbocycles. The molecular weight excluding hydrogens is 242 g/mol. The highest BCUT2D eigenvalue weighted by Gasteiger charge is 2.19. The Morgan fingerprint density at radius 1 is 1.26 bits per heavy atom. The molecule has 100 valence electrons. The SMILES string of the molecule is Cc1nnc(COc2ccc(CNC3CC3)cc2)o1. The zero-order valence-corrected chi connectivity index (χ0v) is 10.9. The van der Waals surface area contributed by atoms with Crippen molar-refractivity contribution in [3.8, 4) is 5.75 Å². The first-order chi connectivity index (χ1) is 9.29. The first-order valence-electron chi connectivity index (χ1n) is 6.54. The molecule has 2 aromatic rings. The van der Waals surface area contributed by atoms with Gasteiger partial charge >= 0.3 is 0 Å². The number of hydrogen-bond donors (Lipinski definition) is 1. The predicted octanol–water partition coefficient (Wildman–Crippen LogP) is 2.21. The van der Waals surface area contributed by atoms with E-state index < -0.39 is 0 Å². The van der Waals surface area contributed by atoms with Gasteiger partial charge in [-0.3, -0.25) is 0 Å². The molecule has 1 aliphatic carbocycles. The smallest absolute Gasteiger partial charge is 0.253 e. The minimum atomic E-state index is 0.306. The normalized spacial score (nSPS) is 14.6. The molecule has 1 heterocycles. The van der Waals surface area contributed by atoms with Crippen molar-refractivity contribution in [3.63, 3.8) is 0 Å². The first-order valence-corrected chi connectivity index (χ1v) is 6.54. The maximum absolute atomic E-state index is 5.58. The van der Waals surface area contributed by atoms with Gasteiger partial charge in [-0.25, -0.2) is 0 Å². The van der Waals surface area contributed by atoms with Gasteiger partial charge in [-0.1, -0.05) is 12.1 Å². The molecule has 1 N–H and O–H groups in total. The van der Waals surface area contributed by atoms with Gasteiger partial charge < -0.3 is 14.5 Å². The van der Waals surface area contributed by atoms with Crippen molar-refractivity contribution in [3.05, 3.63) is 41.6 Å². The molecule has 1 aliphatic rings. The number of rotatable bonds is 6. The zero-order chi connectivity index (χ0) is 13.1. The van der Waals surface area contributed by atoms with Gasteiger partial charge in [0.1, 0.15) is 5.75 Å². The number of aryl methyl sites for hydroxylation is 1. The molecule has 0 amide bonds. The van der Waals surface area contributed by atoms with Crippen LogP contribution in [0.3, 0.4) is 0 Å². The summed E-state index contributed by atoms with van der Waals surface area (Å²) in [6, 6.07) is 8.81. The fourth-order valence-corrected chi connectivity index (χ4v) is 1.79. The van der Waals surface area contributed by atoms with Crippen LogP contribution in [-0.4, -0.2) is 16.2 Å². The summed E-state index contributed by atoms with van der Waals surface area (Å²) in [7, 11) is 0. The van der Waals surface area contributed by atoms with Crippen LogP contribution in [0.4, 0.5) is 0 Å². The molecule has 0 atom stereocenters. The van der Waals surface area contributed by atoms with E-state index >= 15 is 0 Å². The van der Waals surface area contributed by atoms with E-state index in [2.05, 4.69) is 27.6 Å². The summed E-state index contributed by atoms with van der Waals surface area (Å²) in [6.07, 6.45) is 2.62. The molecule has 5 nitrogen and oxygen atoms in total. The van der Waals surface area contributed by atoms with E-state index in [4.69, 9.17) is 9.15 Å². The van der Waals surface area contributed by atoms with E-state index in [0.717, 1.165) is 18.3 Å². The van der Waals surface area contributed by atoms with Gasteiger partial charge in [-0.05, 0) is 30.5 Å². The van der Waals surface area contributed by atoms with Crippen molar-refractivity contribution in [1.29, 1.82) is 0 Å². The Labute approximate surface area is 112 Å². The Balaban J connectivity index is 1.50. The number of nitrogens with one attached hydrogen (secondary N) is 1. The van der Waals surface area contributed by atoms with E-state index in [1.165, 1.54) is 18.4 Å². The summed E-state index contributed by atoms with van der Waals surface area (Å²) in [4.78, 5) is 0. The van der Waals surface area contributed by atoms with Crippen LogP contribution < -0.4 is 10.1 Å². The summed E-state index contributed by atoms with van der Waals surface area (Å²) in [5.41, 5.74) is 1.27. The highest BCUT2D eigenvalue weighted by Crippen LogP contribution is 2.20. The Bertz CT molecular complexity index is 532. The molecular formula is C14H17N3O2. The van der Waals surface area contributed by atoms with E-state index in [1.54, 1.807) is 6.92 Å². The Hall–Kier alpha value is -1.88. The van der Waals surface area contributed by atoms with Crippen molar-refractivity contribution < 1.29 is 9.15 Å². The lowest BCUT2D eigenvalue weighted by Crippen LogP contribution is -2.15. The van der Waals surface area contributed by atoms with E-state index in [0.29, 0.717) is 18.4 Å². The number of hydrogen-bond acceptors (Lipinski definition) is 5. The molecule has 0 aliphatic heterocycles. The second kappa shape index (κ2) is 5.40. The van der Waals surface area contributed by atoms with Gasteiger partial charge in [0.2, 0.25) is 5.89 Å². The van der Waals surface area contributed by atoms with Crippen LogP contribution in [0.5, 0.6) is 5.75 Å². The van der Waals surface area contributed by atoms with Crippen LogP contribution in [0, 0.1) is 6.92 Å². The van der Waals surface area contributed by atoms with Crippen LogP contribution in [0.2, 0.25) is 0 Å². The number of aromatic nitrogens is 2. The average Bonchev–Trinajstić information content (AvgIpc) is 3.17. The Morgan fingerprint density at radius 2 is 2.05 bits per heavy atom. The molecule has 3 rings (SSSR count). The molecule has 19 heavy (non-hydrogen) atoms. The van der Waals surface area contributed by atoms with E-state index in [9.17, 15) is 0 Å². The standard InChI is InChI=1S/C14H17N3O2/c1-10-16-17-14(19-10)9-18-13-6-2-11(3-7-13)8-15-12-4-5-12/h2-3,6-7,12,15H,4-5,8-9H2,1H3. The van der Waals surface area contributed by atoms with Crippen LogP contribution in [0.1, 0.15) is 30.2 Å². The zero-order valence-electron chi connectivity index (χ0n) is 10.9. The van der Waals surface area contributed by atoms with Gasteiger partial charge in [0, 0.05) is 19.5 Å². The second-order valence-corrected chi connectivity index (χ2v) is 4.80. The van der Waals surface area contributed by atoms with Crippen molar-refractivity contribution in [1.82, 2.24) is 15.5 Å². The molecule has 0 bridgehead atoms. The highest BCUT2D eigenvalue weighted by molar-refractivity contribution is 5.27. The topological polar surface area (TPSA) is 60.2 Å². The largest absolute Gasteiger partial charge is 0.484 e. The Morgan fingerprint density at radius 3 is 2.68 bits per heavy atom. The van der Waals surface area contributed by atoms with Gasteiger partial charge in [0.15, 0.2) is 6.61 Å². The quantitative estimate of drug-likeness (QED) is 0.861. The van der Waals surface area contributed by atoms with Crippen LogP contribution in [0.15, 0.2) is 28.7 Å². The van der Waals surface area contributed by atoms with E-state index in [-0.39, 0.29) is 0 Å². The molecule has 0 saturated heterocycles. The van der Waals surface area contributed by atoms with Gasteiger partial charge in [-0.15, -0.1) is 10.2 Å². The van der Waals surface area contributed by atoms with Gasteiger partial charge in [0.05, 0.1) is 0 Å². The maximum Gasteiger partial charge on any atom is 0.253 e. The second-order valence-electron chi connectivity index (χ2n) is 4.80. The number of ether oxygens (including phenoxy) is 1. The van der Waals surface area contributed by atoms with Gasteiger partial charge in [-0.2, -0.15) is 0 Å². The maximum atomic E-state index is 5.58. The highest BCUT2D eigenvalue weighted by atomic mass is 16.5. The van der Waals surface area contributed by atoms with Crippen molar-refractivity contribution in [2.24, 2.45) is 0 Å². The van der Waals surface area contributed by atoms with Crippen LogP contribution in [-0.2, 0) is 13.2 Å². The van der Waals surface area contributed by atoms with Crippen molar-refractivity contribution in [2.75, 3.05) is 0 Å². The third kappa shape index (κ3) is 3.54. The lowest BCUT2D eigenvalue weighted by atomic mass is 10.2. The molecule has 1 aromatic carbocycles. The molecule has 0 unspecified atom stereocenters. The minimum Gasteiger partial charge on any atom is -0.484 e. The Kier molecular flexibility index (Phi) is 3.46. The van der Waals surface area contributed by atoms with Gasteiger partial charge in [0.25, 0.3) is 5.89 Å². The predicted molar refractivity (Wildman–Crippen MR) is 69.7 cm³/mol. The van der Waals surface area contributed by atoms with Crippen LogP contribution in [0.25, 0.3) is 0 Å². The van der Waals surface area contributed by atoms with Crippen molar-refractivity contribution in [2.45, 2.75) is 39.0 Å². The summed E-state index contributed by atoms with van der Waals surface area (Å²) in [5.74, 6) is 1.86. The molecule has 0 spiro atoms. The van der Waals surface area contributed by atoms with Crippen molar-refractivity contribution >= 4 is 0 Å². The summed E-state index contributed by atoms with van der Waals surface area (Å²) >= 11 is 0. The molecule has 0 radical (unpaired) electrons. The minimum absolute atomic E-state index is 0.306. The summed E-state index contributed by atoms with van der Waals surface area (Å²) in [5, 5.41) is 11.1. The first kappa shape index (κ1) is 12.2. The summed E-state index contributed by atoms with van der Waals surface area (Å²) in [6.45, 7) is 2.99. The third-order valence-corrected chi connectivity index (χ3v) is 3.03. The monoisotopic (exact) mass is 259 g/mol. The van der Waals surface area contributed by atoms with Crippen LogP contribution >= 0.6 is 0 Å². The molecule has 1 aromatic heterocycles. The number of benzene rings is 1. The lowest BCUT2D eigenvalue weighted by Gasteiger charge is -2.06. The summed E-state index contributed by atoms with van der Waals surface area (Å²) < 4.78 is 10.8. The molecule has 5 heteroatoms. The third-order valence-electron chi connectivity index (χ3n) is 3.03. The average molecular weight is 259 g/mol. The van der Waals surface area contributed by atoms with E-state index in [1.807, 2.05) is 12.1 Å². The molecule has 1 fully saturated rings. The lowest BCUT2D eigenvalue weighted by molar-refractivity contribution is 0.260.